The molecule has 0 amide bonds. The monoisotopic (exact) mass is 387 g/mol. The van der Waals surface area contributed by atoms with Crippen LogP contribution in [0.15, 0.2) is 30.5 Å². The second-order valence-corrected chi connectivity index (χ2v) is 7.38. The fraction of sp³-hybridized carbons (Fsp3) is 0.357. The summed E-state index contributed by atoms with van der Waals surface area (Å²) in [4.78, 5) is 14.4. The molecular formula is C14H11Cl3F3NO2. The minimum Gasteiger partial charge on any atom is -0.461 e. The number of alkyl halides is 6. The number of esters is 1. The van der Waals surface area contributed by atoms with Gasteiger partial charge in [-0.3, -0.25) is 4.79 Å². The van der Waals surface area contributed by atoms with Crippen LogP contribution in [0.3, 0.4) is 0 Å². The van der Waals surface area contributed by atoms with Crippen molar-refractivity contribution in [2.75, 3.05) is 6.61 Å². The highest BCUT2D eigenvalue weighted by Crippen LogP contribution is 2.40. The molecule has 0 saturated heterocycles. The average molecular weight is 389 g/mol. The van der Waals surface area contributed by atoms with Gasteiger partial charge in [-0.1, -0.05) is 53.0 Å². The Morgan fingerprint density at radius 1 is 1.22 bits per heavy atom. The molecule has 0 spiro atoms. The number of hydrogen-bond acceptors (Lipinski definition) is 2. The van der Waals surface area contributed by atoms with Gasteiger partial charge in [0.05, 0.1) is 12.3 Å². The van der Waals surface area contributed by atoms with E-state index in [-0.39, 0.29) is 5.56 Å². The minimum absolute atomic E-state index is 0.0288. The molecule has 2 aromatic rings. The van der Waals surface area contributed by atoms with Crippen LogP contribution in [0.25, 0.3) is 10.9 Å². The minimum atomic E-state index is -4.62. The number of rotatable bonds is 4. The van der Waals surface area contributed by atoms with E-state index in [1.807, 2.05) is 0 Å². The summed E-state index contributed by atoms with van der Waals surface area (Å²) in [5.41, 5.74) is 0.519. The number of carbonyl (C=O) groups excluding carboxylic acids is 1. The van der Waals surface area contributed by atoms with Gasteiger partial charge in [0.15, 0.2) is 0 Å². The van der Waals surface area contributed by atoms with Crippen LogP contribution in [-0.4, -0.2) is 27.5 Å². The molecule has 0 unspecified atom stereocenters. The van der Waals surface area contributed by atoms with Crippen molar-refractivity contribution in [2.45, 2.75) is 22.3 Å². The molecule has 0 saturated carbocycles. The first-order valence-electron chi connectivity index (χ1n) is 6.43. The van der Waals surface area contributed by atoms with Gasteiger partial charge < -0.3 is 9.72 Å². The number of ether oxygens (including phenoxy) is 1. The third-order valence-corrected chi connectivity index (χ3v) is 3.49. The Labute approximate surface area is 144 Å². The predicted molar refractivity (Wildman–Crippen MR) is 83.0 cm³/mol. The second-order valence-electron chi connectivity index (χ2n) is 4.86. The summed E-state index contributed by atoms with van der Waals surface area (Å²) in [7, 11) is 0. The van der Waals surface area contributed by atoms with Crippen molar-refractivity contribution in [2.24, 2.45) is 0 Å². The lowest BCUT2D eigenvalue weighted by Crippen LogP contribution is -2.26. The lowest BCUT2D eigenvalue weighted by atomic mass is 9.94. The van der Waals surface area contributed by atoms with E-state index in [4.69, 9.17) is 34.8 Å². The van der Waals surface area contributed by atoms with Crippen LogP contribution in [0, 0.1) is 0 Å². The molecule has 0 fully saturated rings. The summed E-state index contributed by atoms with van der Waals surface area (Å²) >= 11 is 16.2. The standard InChI is InChI=1S/C14H11Cl3F3NO2/c15-13(16,17)7-23-12(22)5-10(14(18,19)20)9-6-21-11-4-2-1-3-8(9)11/h1-4,6,10,21H,5,7H2/t10-/m0/s1. The molecule has 1 aromatic carbocycles. The molecule has 0 aliphatic rings. The summed E-state index contributed by atoms with van der Waals surface area (Å²) in [6, 6.07) is 6.51. The number of hydrogen-bond donors (Lipinski definition) is 1. The number of benzene rings is 1. The van der Waals surface area contributed by atoms with Crippen molar-refractivity contribution < 1.29 is 22.7 Å². The largest absolute Gasteiger partial charge is 0.461 e. The van der Waals surface area contributed by atoms with Crippen LogP contribution < -0.4 is 0 Å². The lowest BCUT2D eigenvalue weighted by Gasteiger charge is -2.20. The quantitative estimate of drug-likeness (QED) is 0.584. The molecule has 9 heteroatoms. The summed E-state index contributed by atoms with van der Waals surface area (Å²) in [5.74, 6) is -3.11. The highest BCUT2D eigenvalue weighted by Gasteiger charge is 2.43. The molecule has 1 atom stereocenters. The van der Waals surface area contributed by atoms with Gasteiger partial charge in [-0.15, -0.1) is 0 Å². The van der Waals surface area contributed by atoms with Crippen molar-refractivity contribution in [1.82, 2.24) is 4.98 Å². The molecule has 0 aliphatic heterocycles. The molecule has 1 N–H and O–H groups in total. The number of fused-ring (bicyclic) bond motifs is 1. The van der Waals surface area contributed by atoms with Gasteiger partial charge in [0.25, 0.3) is 0 Å². The van der Waals surface area contributed by atoms with Gasteiger partial charge in [0.2, 0.25) is 3.79 Å². The van der Waals surface area contributed by atoms with Crippen molar-refractivity contribution in [3.63, 3.8) is 0 Å². The maximum absolute atomic E-state index is 13.3. The summed E-state index contributed by atoms with van der Waals surface area (Å²) < 4.78 is 42.8. The van der Waals surface area contributed by atoms with Crippen molar-refractivity contribution >= 4 is 51.7 Å². The molecule has 23 heavy (non-hydrogen) atoms. The molecule has 0 radical (unpaired) electrons. The first-order chi connectivity index (χ1) is 10.6. The van der Waals surface area contributed by atoms with Crippen molar-refractivity contribution in [1.29, 1.82) is 0 Å². The third kappa shape index (κ3) is 4.93. The predicted octanol–water partition coefficient (Wildman–Crippen LogP) is 5.12. The molecule has 3 nitrogen and oxygen atoms in total. The molecule has 1 heterocycles. The third-order valence-electron chi connectivity index (χ3n) is 3.16. The van der Waals surface area contributed by atoms with Gasteiger partial charge >= 0.3 is 12.1 Å². The van der Waals surface area contributed by atoms with Crippen LogP contribution in [-0.2, 0) is 9.53 Å². The Morgan fingerprint density at radius 3 is 2.48 bits per heavy atom. The first kappa shape index (κ1) is 18.2. The molecule has 0 aliphatic carbocycles. The number of para-hydroxylation sites is 1. The lowest BCUT2D eigenvalue weighted by molar-refractivity contribution is -0.166. The van der Waals surface area contributed by atoms with Crippen LogP contribution in [0.5, 0.6) is 0 Å². The van der Waals surface area contributed by atoms with Crippen LogP contribution in [0.2, 0.25) is 0 Å². The summed E-state index contributed by atoms with van der Waals surface area (Å²) in [6.45, 7) is -0.616. The number of aromatic amines is 1. The molecule has 1 aromatic heterocycles. The Balaban J connectivity index is 2.23. The first-order valence-corrected chi connectivity index (χ1v) is 7.56. The molecular weight excluding hydrogens is 378 g/mol. The summed E-state index contributed by atoms with van der Waals surface area (Å²) in [5, 5.41) is 0.393. The zero-order chi connectivity index (χ0) is 17.3. The Kier molecular flexibility index (Phi) is 5.38. The van der Waals surface area contributed by atoms with E-state index in [2.05, 4.69) is 9.72 Å². The fourth-order valence-electron chi connectivity index (χ4n) is 2.17. The van der Waals surface area contributed by atoms with E-state index in [0.29, 0.717) is 10.9 Å². The highest BCUT2D eigenvalue weighted by molar-refractivity contribution is 6.67. The van der Waals surface area contributed by atoms with Gasteiger partial charge in [0.1, 0.15) is 6.61 Å². The molecule has 0 bridgehead atoms. The second kappa shape index (κ2) is 6.79. The normalized spacial score (nSPS) is 14.0. The summed E-state index contributed by atoms with van der Waals surface area (Å²) in [6.07, 6.45) is -4.28. The maximum Gasteiger partial charge on any atom is 0.396 e. The van der Waals surface area contributed by atoms with E-state index in [1.165, 1.54) is 6.20 Å². The zero-order valence-electron chi connectivity index (χ0n) is 11.5. The number of aromatic nitrogens is 1. The average Bonchev–Trinajstić information content (AvgIpc) is 2.84. The van der Waals surface area contributed by atoms with Gasteiger partial charge in [0, 0.05) is 17.1 Å². The van der Waals surface area contributed by atoms with Crippen LogP contribution in [0.4, 0.5) is 13.2 Å². The van der Waals surface area contributed by atoms with Crippen molar-refractivity contribution in [3.05, 3.63) is 36.0 Å². The molecule has 2 rings (SSSR count). The SMILES string of the molecule is O=C(C[C@@H](c1c[nH]c2ccccc12)C(F)(F)F)OCC(Cl)(Cl)Cl. The van der Waals surface area contributed by atoms with Crippen LogP contribution in [0.1, 0.15) is 17.9 Å². The van der Waals surface area contributed by atoms with E-state index in [1.54, 1.807) is 24.3 Å². The molecule has 126 valence electrons. The van der Waals surface area contributed by atoms with E-state index < -0.39 is 34.9 Å². The van der Waals surface area contributed by atoms with Crippen LogP contribution >= 0.6 is 34.8 Å². The number of nitrogens with one attached hydrogen (secondary N) is 1. The fourth-order valence-corrected chi connectivity index (χ4v) is 2.34. The Bertz CT molecular complexity index is 694. The van der Waals surface area contributed by atoms with E-state index in [0.717, 1.165) is 0 Å². The maximum atomic E-state index is 13.3. The highest BCUT2D eigenvalue weighted by atomic mass is 35.6. The van der Waals surface area contributed by atoms with Gasteiger partial charge in [-0.05, 0) is 11.6 Å². The topological polar surface area (TPSA) is 42.1 Å². The van der Waals surface area contributed by atoms with E-state index in [9.17, 15) is 18.0 Å². The van der Waals surface area contributed by atoms with Gasteiger partial charge in [-0.25, -0.2) is 0 Å². The number of H-pyrrole nitrogens is 1. The number of carbonyl (C=O) groups is 1. The van der Waals surface area contributed by atoms with E-state index >= 15 is 0 Å². The van der Waals surface area contributed by atoms with Crippen molar-refractivity contribution in [3.8, 4) is 0 Å². The zero-order valence-corrected chi connectivity index (χ0v) is 13.7. The number of halogens is 6. The van der Waals surface area contributed by atoms with Gasteiger partial charge in [-0.2, -0.15) is 13.2 Å². The smallest absolute Gasteiger partial charge is 0.396 e. The Morgan fingerprint density at radius 2 is 1.87 bits per heavy atom. The Hall–Kier alpha value is -1.11.